The summed E-state index contributed by atoms with van der Waals surface area (Å²) in [5.41, 5.74) is 0. The van der Waals surface area contributed by atoms with Crippen molar-refractivity contribution in [3.63, 3.8) is 0 Å². The van der Waals surface area contributed by atoms with E-state index in [0.29, 0.717) is 0 Å². The molecular weight excluding hydrogens is 640 g/mol. The molecule has 0 aliphatic carbocycles. The number of guanidine groups is 2. The molecule has 0 radical (unpaired) electrons. The maximum atomic E-state index is 11.6. The van der Waals surface area contributed by atoms with Gasteiger partial charge in [0, 0.05) is 113 Å². The molecule has 3 unspecified atom stereocenters. The Hall–Kier alpha value is -4.30. The Morgan fingerprint density at radius 2 is 0.959 bits per heavy atom. The average molecular weight is 701 g/mol. The number of nitrogens with one attached hydrogen (secondary N) is 1. The predicted octanol–water partition coefficient (Wildman–Crippen LogP) is -0.939. The number of nitrogens with zero attached hydrogens (tertiary/aromatic N) is 13. The van der Waals surface area contributed by atoms with Crippen LogP contribution in [0.1, 0.15) is 0 Å². The third-order valence-corrected chi connectivity index (χ3v) is 7.93. The van der Waals surface area contributed by atoms with E-state index in [1.165, 1.54) is 19.6 Å². The molecule has 49 heavy (non-hydrogen) atoms. The summed E-state index contributed by atoms with van der Waals surface area (Å²) in [4.78, 5) is 72.4. The number of carbonyl (C=O) groups is 4. The van der Waals surface area contributed by atoms with Crippen LogP contribution in [0, 0.1) is 0 Å². The molecule has 0 spiro atoms. The van der Waals surface area contributed by atoms with E-state index in [1.807, 2.05) is 57.0 Å². The lowest BCUT2D eigenvalue weighted by Gasteiger charge is -2.31. The average Bonchev–Trinajstić information content (AvgIpc) is 3.51. The molecule has 4 aliphatic rings. The van der Waals surface area contributed by atoms with Gasteiger partial charge in [0.2, 0.25) is 11.9 Å². The summed E-state index contributed by atoms with van der Waals surface area (Å²) in [5.74, 6) is 1.56. The summed E-state index contributed by atoms with van der Waals surface area (Å²) in [6, 6.07) is -0.170. The normalized spacial score (nSPS) is 24.2. The number of hydrogen-bond acceptors (Lipinski definition) is 12. The van der Waals surface area contributed by atoms with Crippen LogP contribution in [-0.4, -0.2) is 248 Å². The van der Waals surface area contributed by atoms with Crippen molar-refractivity contribution >= 4 is 36.0 Å². The highest BCUT2D eigenvalue weighted by atomic mass is 16.6. The number of amides is 8. The van der Waals surface area contributed by atoms with Crippen molar-refractivity contribution in [3.05, 3.63) is 0 Å². The molecule has 1 N–H and O–H groups in total. The summed E-state index contributed by atoms with van der Waals surface area (Å²) in [5, 5.41) is 3.22. The molecule has 3 atom stereocenters. The van der Waals surface area contributed by atoms with Crippen LogP contribution in [0.5, 0.6) is 0 Å². The van der Waals surface area contributed by atoms with Crippen LogP contribution in [0.15, 0.2) is 9.98 Å². The maximum absolute atomic E-state index is 11.6. The monoisotopic (exact) mass is 700 g/mol. The Labute approximate surface area is 292 Å². The van der Waals surface area contributed by atoms with Crippen molar-refractivity contribution < 1.29 is 28.7 Å². The second-order valence-corrected chi connectivity index (χ2v) is 12.8. The molecule has 8 amide bonds. The Morgan fingerprint density at radius 1 is 0.612 bits per heavy atom. The van der Waals surface area contributed by atoms with Crippen LogP contribution < -0.4 is 5.32 Å². The second-order valence-electron chi connectivity index (χ2n) is 12.8. The van der Waals surface area contributed by atoms with Gasteiger partial charge in [0.05, 0.1) is 0 Å². The van der Waals surface area contributed by atoms with E-state index in [9.17, 15) is 19.2 Å². The Balaban J connectivity index is 0.000000334. The molecule has 20 heteroatoms. The number of aliphatic imine (C=N–C) groups is 2. The maximum Gasteiger partial charge on any atom is 0.323 e. The number of methoxy groups -OCH3 is 2. The smallest absolute Gasteiger partial charge is 0.323 e. The summed E-state index contributed by atoms with van der Waals surface area (Å²) in [6.45, 7) is 0. The van der Waals surface area contributed by atoms with Gasteiger partial charge >= 0.3 is 24.1 Å². The van der Waals surface area contributed by atoms with Gasteiger partial charge in [0.1, 0.15) is 12.3 Å². The Kier molecular flexibility index (Phi) is 15.6. The topological polar surface area (TPSA) is 159 Å². The van der Waals surface area contributed by atoms with E-state index >= 15 is 0 Å². The summed E-state index contributed by atoms with van der Waals surface area (Å²) >= 11 is 0. The van der Waals surface area contributed by atoms with Crippen molar-refractivity contribution in [1.82, 2.24) is 59.2 Å². The van der Waals surface area contributed by atoms with Gasteiger partial charge in [0.25, 0.3) is 0 Å². The van der Waals surface area contributed by atoms with Crippen molar-refractivity contribution in [2.24, 2.45) is 9.98 Å². The fourth-order valence-electron chi connectivity index (χ4n) is 5.17. The molecule has 0 saturated carbocycles. The molecule has 0 aromatic heterocycles. The molecule has 0 bridgehead atoms. The number of hydrogen-bond donors (Lipinski definition) is 1. The van der Waals surface area contributed by atoms with Crippen LogP contribution in [0.25, 0.3) is 0 Å². The molecule has 282 valence electrons. The lowest BCUT2D eigenvalue weighted by molar-refractivity contribution is -0.0980. The largest absolute Gasteiger partial charge is 0.357 e. The molecule has 4 aliphatic heterocycles. The first-order chi connectivity index (χ1) is 22.6. The summed E-state index contributed by atoms with van der Waals surface area (Å²) in [6.07, 6.45) is -1.01. The third kappa shape index (κ3) is 9.88. The number of carbonyl (C=O) groups excluding carboxylic acids is 4. The standard InChI is InChI=1S/C9H20N6.C8H14N4O2.C7H14N2O3.C5H12N2O/c1-13(2)7-10-8(14(3)4)12-9(11-7)15(5)6;1-9-5-6(11(3)7(9)13)12(4)8(14)10(5)2;1-8-5(11-3)6(12-4)9(2)7(8)10;1-6(2)5(8)7(3)4/h7H,1-6H3,(H,10,11,12);5-6H,1-4H3;5-6H,1-4H3;1-4H3. The predicted molar refractivity (Wildman–Crippen MR) is 188 cm³/mol. The molecule has 4 rings (SSSR count). The number of rotatable bonds is 3. The Morgan fingerprint density at radius 3 is 1.20 bits per heavy atom. The minimum Gasteiger partial charge on any atom is -0.357 e. The van der Waals surface area contributed by atoms with Crippen LogP contribution >= 0.6 is 0 Å². The highest BCUT2D eigenvalue weighted by Gasteiger charge is 2.54. The number of likely N-dealkylation sites (N-methyl/N-ethyl adjacent to an activating group) is 6. The van der Waals surface area contributed by atoms with Crippen LogP contribution in [0.4, 0.5) is 19.2 Å². The molecular formula is C29H60N14O6. The van der Waals surface area contributed by atoms with Gasteiger partial charge in [-0.15, -0.1) is 0 Å². The van der Waals surface area contributed by atoms with Gasteiger partial charge in [-0.3, -0.25) is 14.7 Å². The van der Waals surface area contributed by atoms with Crippen molar-refractivity contribution in [3.8, 4) is 0 Å². The fraction of sp³-hybridized carbons (Fsp3) is 0.793. The van der Waals surface area contributed by atoms with Gasteiger partial charge in [-0.2, -0.15) is 4.99 Å². The minimum atomic E-state index is -0.313. The first-order valence-electron chi connectivity index (χ1n) is 15.4. The molecule has 3 fully saturated rings. The highest BCUT2D eigenvalue weighted by molar-refractivity contribution is 5.96. The van der Waals surface area contributed by atoms with Gasteiger partial charge < -0.3 is 54.0 Å². The third-order valence-electron chi connectivity index (χ3n) is 7.93. The second kappa shape index (κ2) is 17.9. The van der Waals surface area contributed by atoms with Crippen molar-refractivity contribution in [2.75, 3.05) is 127 Å². The molecule has 4 heterocycles. The zero-order chi connectivity index (χ0) is 38.2. The molecule has 20 nitrogen and oxygen atoms in total. The van der Waals surface area contributed by atoms with Gasteiger partial charge in [0.15, 0.2) is 18.7 Å². The van der Waals surface area contributed by atoms with Crippen molar-refractivity contribution in [1.29, 1.82) is 0 Å². The van der Waals surface area contributed by atoms with Gasteiger partial charge in [-0.05, 0) is 14.1 Å². The van der Waals surface area contributed by atoms with Crippen LogP contribution in [-0.2, 0) is 9.47 Å². The zero-order valence-electron chi connectivity index (χ0n) is 32.7. The van der Waals surface area contributed by atoms with E-state index in [-0.39, 0.29) is 55.2 Å². The van der Waals surface area contributed by atoms with E-state index in [2.05, 4.69) is 15.3 Å². The van der Waals surface area contributed by atoms with Gasteiger partial charge in [-0.25, -0.2) is 24.2 Å². The molecule has 0 aromatic rings. The van der Waals surface area contributed by atoms with E-state index in [0.717, 1.165) is 11.9 Å². The lowest BCUT2D eigenvalue weighted by Crippen LogP contribution is -2.52. The first kappa shape index (κ1) is 42.7. The van der Waals surface area contributed by atoms with Gasteiger partial charge in [-0.1, -0.05) is 0 Å². The Bertz CT molecular complexity index is 1130. The SMILES string of the molecule is CN(C)C(=O)N(C)C.CN(C)C1=NC(N(C)C)NC(N(C)C)=N1.CN1C(=O)N(C)C2C1N(C)C(=O)N2C.COC1C(OC)N(C)C(=O)N1C. The zero-order valence-corrected chi connectivity index (χ0v) is 32.7. The number of urea groups is 4. The van der Waals surface area contributed by atoms with E-state index < -0.39 is 0 Å². The minimum absolute atomic E-state index is 0.0185. The molecule has 3 saturated heterocycles. The van der Waals surface area contributed by atoms with Crippen LogP contribution in [0.2, 0.25) is 0 Å². The van der Waals surface area contributed by atoms with E-state index in [1.54, 1.807) is 104 Å². The highest BCUT2D eigenvalue weighted by Crippen LogP contribution is 2.30. The summed E-state index contributed by atoms with van der Waals surface area (Å²) in [7, 11) is 32.0. The fourth-order valence-corrected chi connectivity index (χ4v) is 5.17. The number of fused-ring (bicyclic) bond motifs is 1. The quantitative estimate of drug-likeness (QED) is 0.390. The molecule has 0 aromatic carbocycles. The van der Waals surface area contributed by atoms with E-state index in [4.69, 9.17) is 9.47 Å². The van der Waals surface area contributed by atoms with Crippen molar-refractivity contribution in [2.45, 2.75) is 31.1 Å². The lowest BCUT2D eigenvalue weighted by atomic mass is 10.4. The first-order valence-corrected chi connectivity index (χ1v) is 15.4. The van der Waals surface area contributed by atoms with Crippen LogP contribution in [0.3, 0.4) is 0 Å². The number of ether oxygens (including phenoxy) is 2. The summed E-state index contributed by atoms with van der Waals surface area (Å²) < 4.78 is 10.2.